The Hall–Kier alpha value is -1.03. The van der Waals surface area contributed by atoms with Crippen molar-refractivity contribution in [3.05, 3.63) is 23.9 Å². The Morgan fingerprint density at radius 2 is 2.26 bits per heavy atom. The highest BCUT2D eigenvalue weighted by Gasteiger charge is 2.25. The summed E-state index contributed by atoms with van der Waals surface area (Å²) < 4.78 is 0. The second kappa shape index (κ2) is 6.94. The summed E-state index contributed by atoms with van der Waals surface area (Å²) in [5.74, 6) is 0.683. The van der Waals surface area contributed by atoms with E-state index < -0.39 is 0 Å². The van der Waals surface area contributed by atoms with E-state index in [4.69, 9.17) is 0 Å². The average molecular weight is 278 g/mol. The minimum atomic E-state index is 0.0445. The lowest BCUT2D eigenvalue weighted by Crippen LogP contribution is -2.41. The highest BCUT2D eigenvalue weighted by atomic mass is 32.2. The van der Waals surface area contributed by atoms with Crippen molar-refractivity contribution in [3.63, 3.8) is 0 Å². The van der Waals surface area contributed by atoms with Gasteiger partial charge in [-0.3, -0.25) is 4.79 Å². The number of amides is 1. The third kappa shape index (κ3) is 3.72. The molecule has 0 saturated heterocycles. The number of hydrogen-bond donors (Lipinski definition) is 1. The maximum absolute atomic E-state index is 12.3. The first-order valence-electron chi connectivity index (χ1n) is 7.05. The van der Waals surface area contributed by atoms with Crippen molar-refractivity contribution < 1.29 is 4.79 Å². The van der Waals surface area contributed by atoms with Crippen LogP contribution in [0.4, 0.5) is 0 Å². The Morgan fingerprint density at radius 3 is 3.00 bits per heavy atom. The van der Waals surface area contributed by atoms with Crippen molar-refractivity contribution in [2.24, 2.45) is 5.92 Å². The van der Waals surface area contributed by atoms with Gasteiger partial charge in [0.25, 0.3) is 5.91 Å². The molecule has 1 amide bonds. The number of pyridine rings is 1. The SMILES string of the molecule is CCC1CCCCC1NC(=O)c1ccnc(SC)c1. The molecule has 1 aliphatic rings. The molecule has 0 aromatic carbocycles. The molecule has 0 radical (unpaired) electrons. The van der Waals surface area contributed by atoms with Crippen LogP contribution in [0.3, 0.4) is 0 Å². The molecule has 1 fully saturated rings. The summed E-state index contributed by atoms with van der Waals surface area (Å²) in [4.78, 5) is 16.5. The summed E-state index contributed by atoms with van der Waals surface area (Å²) >= 11 is 1.56. The van der Waals surface area contributed by atoms with E-state index in [0.29, 0.717) is 12.0 Å². The first kappa shape index (κ1) is 14.4. The Kier molecular flexibility index (Phi) is 5.25. The lowest BCUT2D eigenvalue weighted by Gasteiger charge is -2.31. The van der Waals surface area contributed by atoms with E-state index in [0.717, 1.165) is 23.4 Å². The molecule has 1 aliphatic carbocycles. The van der Waals surface area contributed by atoms with E-state index >= 15 is 0 Å². The standard InChI is InChI=1S/C15H22N2OS/c1-3-11-6-4-5-7-13(11)17-15(18)12-8-9-16-14(10-12)19-2/h8-11,13H,3-7H2,1-2H3,(H,17,18). The van der Waals surface area contributed by atoms with Gasteiger partial charge in [-0.15, -0.1) is 11.8 Å². The van der Waals surface area contributed by atoms with Gasteiger partial charge >= 0.3 is 0 Å². The quantitative estimate of drug-likeness (QED) is 0.857. The lowest BCUT2D eigenvalue weighted by molar-refractivity contribution is 0.0904. The number of nitrogens with zero attached hydrogens (tertiary/aromatic N) is 1. The Bertz CT molecular complexity index is 436. The van der Waals surface area contributed by atoms with Gasteiger partial charge in [0.2, 0.25) is 0 Å². The number of hydrogen-bond acceptors (Lipinski definition) is 3. The normalized spacial score (nSPS) is 23.1. The molecule has 0 spiro atoms. The molecule has 0 bridgehead atoms. The number of rotatable bonds is 4. The number of nitrogens with one attached hydrogen (secondary N) is 1. The van der Waals surface area contributed by atoms with Gasteiger partial charge in [-0.1, -0.05) is 26.2 Å². The van der Waals surface area contributed by atoms with Gasteiger partial charge in [0.1, 0.15) is 0 Å². The Balaban J connectivity index is 2.02. The largest absolute Gasteiger partial charge is 0.349 e. The monoisotopic (exact) mass is 278 g/mol. The minimum absolute atomic E-state index is 0.0445. The molecule has 1 heterocycles. The Morgan fingerprint density at radius 1 is 1.47 bits per heavy atom. The summed E-state index contributed by atoms with van der Waals surface area (Å²) in [6, 6.07) is 4.00. The molecule has 3 nitrogen and oxygen atoms in total. The van der Waals surface area contributed by atoms with Crippen LogP contribution >= 0.6 is 11.8 Å². The molecule has 1 aromatic heterocycles. The number of carbonyl (C=O) groups excluding carboxylic acids is 1. The van der Waals surface area contributed by atoms with Crippen LogP contribution in [-0.4, -0.2) is 23.2 Å². The van der Waals surface area contributed by atoms with Crippen molar-refractivity contribution in [1.29, 1.82) is 0 Å². The number of aromatic nitrogens is 1. The molecule has 4 heteroatoms. The van der Waals surface area contributed by atoms with E-state index in [9.17, 15) is 4.79 Å². The summed E-state index contributed by atoms with van der Waals surface area (Å²) in [6.07, 6.45) is 9.72. The lowest BCUT2D eigenvalue weighted by atomic mass is 9.83. The van der Waals surface area contributed by atoms with Crippen LogP contribution in [0.2, 0.25) is 0 Å². The van der Waals surface area contributed by atoms with E-state index in [1.165, 1.54) is 19.3 Å². The van der Waals surface area contributed by atoms with E-state index in [2.05, 4.69) is 17.2 Å². The van der Waals surface area contributed by atoms with Crippen LogP contribution in [0.1, 0.15) is 49.4 Å². The fourth-order valence-corrected chi connectivity index (χ4v) is 3.21. The predicted molar refractivity (Wildman–Crippen MR) is 79.5 cm³/mol. The average Bonchev–Trinajstić information content (AvgIpc) is 2.47. The van der Waals surface area contributed by atoms with Gasteiger partial charge in [-0.2, -0.15) is 0 Å². The van der Waals surface area contributed by atoms with E-state index in [1.54, 1.807) is 24.0 Å². The first-order valence-corrected chi connectivity index (χ1v) is 8.28. The zero-order chi connectivity index (χ0) is 13.7. The minimum Gasteiger partial charge on any atom is -0.349 e. The molecule has 104 valence electrons. The van der Waals surface area contributed by atoms with Crippen LogP contribution in [-0.2, 0) is 0 Å². The zero-order valence-corrected chi connectivity index (χ0v) is 12.5. The third-order valence-electron chi connectivity index (χ3n) is 3.96. The molecular formula is C15H22N2OS. The van der Waals surface area contributed by atoms with Crippen molar-refractivity contribution in [2.45, 2.75) is 50.1 Å². The summed E-state index contributed by atoms with van der Waals surface area (Å²) in [6.45, 7) is 2.22. The molecule has 19 heavy (non-hydrogen) atoms. The number of thioether (sulfide) groups is 1. The maximum atomic E-state index is 12.3. The Labute approximate surface area is 119 Å². The fourth-order valence-electron chi connectivity index (χ4n) is 2.80. The molecular weight excluding hydrogens is 256 g/mol. The van der Waals surface area contributed by atoms with E-state index in [1.807, 2.05) is 12.3 Å². The van der Waals surface area contributed by atoms with Crippen molar-refractivity contribution in [3.8, 4) is 0 Å². The fraction of sp³-hybridized carbons (Fsp3) is 0.600. The summed E-state index contributed by atoms with van der Waals surface area (Å²) in [5, 5.41) is 4.10. The third-order valence-corrected chi connectivity index (χ3v) is 4.60. The van der Waals surface area contributed by atoms with E-state index in [-0.39, 0.29) is 5.91 Å². The van der Waals surface area contributed by atoms with Gasteiger partial charge in [-0.05, 0) is 37.1 Å². The molecule has 2 rings (SSSR count). The smallest absolute Gasteiger partial charge is 0.251 e. The summed E-state index contributed by atoms with van der Waals surface area (Å²) in [5.41, 5.74) is 0.722. The van der Waals surface area contributed by atoms with Crippen molar-refractivity contribution in [1.82, 2.24) is 10.3 Å². The molecule has 0 aliphatic heterocycles. The first-order chi connectivity index (χ1) is 9.24. The second-order valence-corrected chi connectivity index (χ2v) is 5.95. The van der Waals surface area contributed by atoms with Gasteiger partial charge in [0.05, 0.1) is 5.03 Å². The molecule has 1 aromatic rings. The summed E-state index contributed by atoms with van der Waals surface area (Å²) in [7, 11) is 0. The molecule has 1 saturated carbocycles. The van der Waals surface area contributed by atoms with Crippen LogP contribution in [0.15, 0.2) is 23.4 Å². The van der Waals surface area contributed by atoms with Crippen molar-refractivity contribution in [2.75, 3.05) is 6.26 Å². The van der Waals surface area contributed by atoms with Crippen molar-refractivity contribution >= 4 is 17.7 Å². The predicted octanol–water partition coefficient (Wildman–Crippen LogP) is 3.50. The topological polar surface area (TPSA) is 42.0 Å². The van der Waals surface area contributed by atoms with Crippen LogP contribution in [0.5, 0.6) is 0 Å². The maximum Gasteiger partial charge on any atom is 0.251 e. The van der Waals surface area contributed by atoms with Gasteiger partial charge < -0.3 is 5.32 Å². The molecule has 1 N–H and O–H groups in total. The van der Waals surface area contributed by atoms with Gasteiger partial charge in [0.15, 0.2) is 0 Å². The zero-order valence-electron chi connectivity index (χ0n) is 11.7. The van der Waals surface area contributed by atoms with Crippen LogP contribution in [0, 0.1) is 5.92 Å². The van der Waals surface area contributed by atoms with Gasteiger partial charge in [0, 0.05) is 17.8 Å². The highest BCUT2D eigenvalue weighted by molar-refractivity contribution is 7.98. The highest BCUT2D eigenvalue weighted by Crippen LogP contribution is 2.27. The molecule has 2 atom stereocenters. The number of carbonyl (C=O) groups is 1. The van der Waals surface area contributed by atoms with Crippen LogP contribution in [0.25, 0.3) is 0 Å². The van der Waals surface area contributed by atoms with Gasteiger partial charge in [-0.25, -0.2) is 4.98 Å². The second-order valence-electron chi connectivity index (χ2n) is 5.12. The molecule has 2 unspecified atom stereocenters. The van der Waals surface area contributed by atoms with Crippen LogP contribution < -0.4 is 5.32 Å².